The molecule has 2 aromatic heterocycles. The van der Waals surface area contributed by atoms with Crippen LogP contribution in [0.2, 0.25) is 0 Å². The second kappa shape index (κ2) is 5.77. The summed E-state index contributed by atoms with van der Waals surface area (Å²) < 4.78 is 5.51. The number of rotatable bonds is 3. The van der Waals surface area contributed by atoms with Gasteiger partial charge in [0.15, 0.2) is 0 Å². The molecule has 0 atom stereocenters. The standard InChI is InChI=1S/C22H17N3O/c1-26-19-13-7-6-12-18(19)25-21-14-8-2-4-10-16(14)23-20-15-9-3-5-11-17(15)24-22(20)21/h2-13,24H,1H3,(H,23,25). The van der Waals surface area contributed by atoms with Crippen LogP contribution in [0.3, 0.4) is 0 Å². The number of ether oxygens (including phenoxy) is 1. The molecule has 5 aromatic rings. The van der Waals surface area contributed by atoms with E-state index in [1.54, 1.807) is 7.11 Å². The van der Waals surface area contributed by atoms with Crippen molar-refractivity contribution in [2.45, 2.75) is 0 Å². The molecule has 126 valence electrons. The zero-order valence-corrected chi connectivity index (χ0v) is 14.3. The molecule has 4 heteroatoms. The van der Waals surface area contributed by atoms with Gasteiger partial charge in [0.05, 0.1) is 35.0 Å². The lowest BCUT2D eigenvalue weighted by atomic mass is 10.1. The third-order valence-corrected chi connectivity index (χ3v) is 4.70. The summed E-state index contributed by atoms with van der Waals surface area (Å²) in [4.78, 5) is 8.44. The maximum Gasteiger partial charge on any atom is 0.142 e. The van der Waals surface area contributed by atoms with Crippen molar-refractivity contribution >= 4 is 44.2 Å². The van der Waals surface area contributed by atoms with Gasteiger partial charge < -0.3 is 15.0 Å². The van der Waals surface area contributed by atoms with E-state index in [0.717, 1.165) is 50.0 Å². The third kappa shape index (κ3) is 2.19. The van der Waals surface area contributed by atoms with Crippen LogP contribution in [0.1, 0.15) is 0 Å². The van der Waals surface area contributed by atoms with Gasteiger partial charge >= 0.3 is 0 Å². The fourth-order valence-electron chi connectivity index (χ4n) is 3.47. The highest BCUT2D eigenvalue weighted by molar-refractivity contribution is 6.16. The Morgan fingerprint density at radius 1 is 0.846 bits per heavy atom. The Hall–Kier alpha value is -3.53. The van der Waals surface area contributed by atoms with Crippen LogP contribution in [0.25, 0.3) is 32.8 Å². The molecule has 5 rings (SSSR count). The third-order valence-electron chi connectivity index (χ3n) is 4.70. The van der Waals surface area contributed by atoms with Gasteiger partial charge in [-0.05, 0) is 24.3 Å². The van der Waals surface area contributed by atoms with Crippen LogP contribution in [0.5, 0.6) is 5.75 Å². The van der Waals surface area contributed by atoms with Crippen molar-refractivity contribution in [3.8, 4) is 5.75 Å². The van der Waals surface area contributed by atoms with E-state index in [2.05, 4.69) is 28.5 Å². The van der Waals surface area contributed by atoms with Gasteiger partial charge in [-0.15, -0.1) is 0 Å². The normalized spacial score (nSPS) is 11.3. The van der Waals surface area contributed by atoms with Crippen LogP contribution < -0.4 is 10.1 Å². The summed E-state index contributed by atoms with van der Waals surface area (Å²) in [6.45, 7) is 0. The number of H-pyrrole nitrogens is 1. The predicted octanol–water partition coefficient (Wildman–Crippen LogP) is 5.62. The lowest BCUT2D eigenvalue weighted by Crippen LogP contribution is -1.97. The molecule has 2 N–H and O–H groups in total. The molecule has 4 nitrogen and oxygen atoms in total. The summed E-state index contributed by atoms with van der Waals surface area (Å²) in [6, 6.07) is 24.4. The van der Waals surface area contributed by atoms with Gasteiger partial charge in [-0.25, -0.2) is 4.98 Å². The van der Waals surface area contributed by atoms with Gasteiger partial charge in [0.2, 0.25) is 0 Å². The number of methoxy groups -OCH3 is 1. The summed E-state index contributed by atoms with van der Waals surface area (Å²) in [7, 11) is 1.68. The minimum atomic E-state index is 0.803. The molecule has 26 heavy (non-hydrogen) atoms. The van der Waals surface area contributed by atoms with E-state index in [1.165, 1.54) is 0 Å². The Kier molecular flexibility index (Phi) is 3.28. The number of fused-ring (bicyclic) bond motifs is 4. The van der Waals surface area contributed by atoms with E-state index in [1.807, 2.05) is 54.6 Å². The molecule has 3 aromatic carbocycles. The molecule has 0 aliphatic heterocycles. The topological polar surface area (TPSA) is 49.9 Å². The molecule has 2 heterocycles. The van der Waals surface area contributed by atoms with Gasteiger partial charge in [-0.3, -0.25) is 0 Å². The van der Waals surface area contributed by atoms with Gasteiger partial charge in [0.1, 0.15) is 5.75 Å². The van der Waals surface area contributed by atoms with Crippen molar-refractivity contribution in [2.24, 2.45) is 0 Å². The second-order valence-corrected chi connectivity index (χ2v) is 6.22. The molecule has 0 saturated carbocycles. The van der Waals surface area contributed by atoms with Crippen molar-refractivity contribution in [1.29, 1.82) is 0 Å². The fraction of sp³-hybridized carbons (Fsp3) is 0.0455. The summed E-state index contributed by atoms with van der Waals surface area (Å²) in [5, 5.41) is 5.76. The Bertz CT molecular complexity index is 1260. The van der Waals surface area contributed by atoms with E-state index in [-0.39, 0.29) is 0 Å². The minimum Gasteiger partial charge on any atom is -0.495 e. The number of aromatic amines is 1. The largest absolute Gasteiger partial charge is 0.495 e. The first-order valence-electron chi connectivity index (χ1n) is 8.54. The number of para-hydroxylation sites is 4. The van der Waals surface area contributed by atoms with Crippen LogP contribution in [0.15, 0.2) is 72.8 Å². The molecule has 0 amide bonds. The molecule has 0 spiro atoms. The van der Waals surface area contributed by atoms with E-state index < -0.39 is 0 Å². The zero-order valence-electron chi connectivity index (χ0n) is 14.3. The number of benzene rings is 3. The molecular weight excluding hydrogens is 322 g/mol. The number of anilines is 2. The average molecular weight is 339 g/mol. The summed E-state index contributed by atoms with van der Waals surface area (Å²) in [6.07, 6.45) is 0. The Morgan fingerprint density at radius 2 is 1.58 bits per heavy atom. The Balaban J connectivity index is 1.86. The number of hydrogen-bond acceptors (Lipinski definition) is 3. The monoisotopic (exact) mass is 339 g/mol. The smallest absolute Gasteiger partial charge is 0.142 e. The van der Waals surface area contributed by atoms with Gasteiger partial charge in [0, 0.05) is 16.3 Å². The first-order valence-corrected chi connectivity index (χ1v) is 8.54. The Labute approximate surface area is 150 Å². The number of pyridine rings is 1. The number of aromatic nitrogens is 2. The first kappa shape index (κ1) is 14.8. The zero-order chi connectivity index (χ0) is 17.5. The quantitative estimate of drug-likeness (QED) is 0.448. The second-order valence-electron chi connectivity index (χ2n) is 6.22. The van der Waals surface area contributed by atoms with E-state index in [0.29, 0.717) is 0 Å². The fourth-order valence-corrected chi connectivity index (χ4v) is 3.47. The SMILES string of the molecule is COc1ccccc1Nc1c2ccccc2nc2c1[nH]c1ccccc12. The van der Waals surface area contributed by atoms with Gasteiger partial charge in [-0.2, -0.15) is 0 Å². The summed E-state index contributed by atoms with van der Waals surface area (Å²) >= 11 is 0. The molecular formula is C22H17N3O. The molecule has 0 radical (unpaired) electrons. The number of nitrogens with one attached hydrogen (secondary N) is 2. The Morgan fingerprint density at radius 3 is 2.46 bits per heavy atom. The van der Waals surface area contributed by atoms with Crippen LogP contribution in [-0.4, -0.2) is 17.1 Å². The van der Waals surface area contributed by atoms with Crippen molar-refractivity contribution in [3.05, 3.63) is 72.8 Å². The van der Waals surface area contributed by atoms with Gasteiger partial charge in [0.25, 0.3) is 0 Å². The van der Waals surface area contributed by atoms with Gasteiger partial charge in [-0.1, -0.05) is 48.5 Å². The lowest BCUT2D eigenvalue weighted by Gasteiger charge is -2.14. The first-order chi connectivity index (χ1) is 12.8. The van der Waals surface area contributed by atoms with E-state index in [9.17, 15) is 0 Å². The molecule has 0 saturated heterocycles. The highest BCUT2D eigenvalue weighted by atomic mass is 16.5. The van der Waals surface area contributed by atoms with Crippen LogP contribution in [-0.2, 0) is 0 Å². The van der Waals surface area contributed by atoms with Crippen molar-refractivity contribution in [1.82, 2.24) is 9.97 Å². The maximum atomic E-state index is 5.51. The highest BCUT2D eigenvalue weighted by Crippen LogP contribution is 2.37. The van der Waals surface area contributed by atoms with Crippen molar-refractivity contribution in [3.63, 3.8) is 0 Å². The minimum absolute atomic E-state index is 0.803. The number of hydrogen-bond donors (Lipinski definition) is 2. The van der Waals surface area contributed by atoms with Crippen molar-refractivity contribution in [2.75, 3.05) is 12.4 Å². The van der Waals surface area contributed by atoms with Crippen LogP contribution >= 0.6 is 0 Å². The molecule has 0 unspecified atom stereocenters. The lowest BCUT2D eigenvalue weighted by molar-refractivity contribution is 0.417. The van der Waals surface area contributed by atoms with Crippen LogP contribution in [0, 0.1) is 0 Å². The van der Waals surface area contributed by atoms with E-state index >= 15 is 0 Å². The van der Waals surface area contributed by atoms with E-state index in [4.69, 9.17) is 9.72 Å². The summed E-state index contributed by atoms with van der Waals surface area (Å²) in [5.41, 5.74) is 5.93. The predicted molar refractivity (Wildman–Crippen MR) is 107 cm³/mol. The van der Waals surface area contributed by atoms with Crippen LogP contribution in [0.4, 0.5) is 11.4 Å². The number of nitrogens with zero attached hydrogens (tertiary/aromatic N) is 1. The maximum absolute atomic E-state index is 5.51. The molecule has 0 aliphatic carbocycles. The summed E-state index contributed by atoms with van der Waals surface area (Å²) in [5.74, 6) is 0.803. The van der Waals surface area contributed by atoms with Crippen molar-refractivity contribution < 1.29 is 4.74 Å². The molecule has 0 fully saturated rings. The molecule has 0 bridgehead atoms. The average Bonchev–Trinajstić information content (AvgIpc) is 3.07. The highest BCUT2D eigenvalue weighted by Gasteiger charge is 2.15. The molecule has 0 aliphatic rings.